The number of nitrogens with zero attached hydrogens (tertiary/aromatic N) is 2. The maximum atomic E-state index is 4.74. The summed E-state index contributed by atoms with van der Waals surface area (Å²) >= 11 is 1.83. The number of nitrogens with one attached hydrogen (secondary N) is 1. The maximum Gasteiger partial charge on any atom is 0.111 e. The molecular formula is C13H17N3S. The lowest BCUT2D eigenvalue weighted by atomic mass is 10.2. The second-order valence-electron chi connectivity index (χ2n) is 4.48. The summed E-state index contributed by atoms with van der Waals surface area (Å²) in [5, 5.41) is 4.63. The van der Waals surface area contributed by atoms with E-state index in [1.807, 2.05) is 11.3 Å². The van der Waals surface area contributed by atoms with Crippen LogP contribution in [-0.2, 0) is 0 Å². The van der Waals surface area contributed by atoms with Crippen LogP contribution in [0.15, 0.2) is 24.3 Å². The summed E-state index contributed by atoms with van der Waals surface area (Å²) in [6, 6.07) is 8.83. The van der Waals surface area contributed by atoms with Gasteiger partial charge in [-0.15, -0.1) is 11.3 Å². The quantitative estimate of drug-likeness (QED) is 0.882. The molecule has 1 N–H and O–H groups in total. The molecule has 0 bridgehead atoms. The summed E-state index contributed by atoms with van der Waals surface area (Å²) < 4.78 is 1.30. The number of para-hydroxylation sites is 1. The van der Waals surface area contributed by atoms with Crippen molar-refractivity contribution >= 4 is 21.6 Å². The SMILES string of the molecule is C[C@H](c1nc2ccccc2s1)N1CCNCC1. The monoisotopic (exact) mass is 247 g/mol. The largest absolute Gasteiger partial charge is 0.314 e. The Morgan fingerprint density at radius 3 is 2.82 bits per heavy atom. The van der Waals surface area contributed by atoms with Crippen LogP contribution in [0.1, 0.15) is 18.0 Å². The molecular weight excluding hydrogens is 230 g/mol. The Labute approximate surface area is 105 Å². The molecule has 1 saturated heterocycles. The number of benzene rings is 1. The van der Waals surface area contributed by atoms with Gasteiger partial charge in [-0.3, -0.25) is 4.90 Å². The molecule has 1 fully saturated rings. The van der Waals surface area contributed by atoms with E-state index in [0.29, 0.717) is 6.04 Å². The fraction of sp³-hybridized carbons (Fsp3) is 0.462. The predicted octanol–water partition coefficient (Wildman–Crippen LogP) is 2.26. The van der Waals surface area contributed by atoms with E-state index in [1.165, 1.54) is 9.71 Å². The molecule has 2 aromatic rings. The van der Waals surface area contributed by atoms with Crippen LogP contribution >= 0.6 is 11.3 Å². The Bertz CT molecular complexity index is 469. The predicted molar refractivity (Wildman–Crippen MR) is 72.5 cm³/mol. The van der Waals surface area contributed by atoms with E-state index in [0.717, 1.165) is 31.7 Å². The van der Waals surface area contributed by atoms with E-state index in [2.05, 4.69) is 41.4 Å². The molecule has 1 aliphatic rings. The molecule has 1 aromatic carbocycles. The molecule has 0 spiro atoms. The third kappa shape index (κ3) is 2.20. The van der Waals surface area contributed by atoms with Gasteiger partial charge in [0.1, 0.15) is 5.01 Å². The highest BCUT2D eigenvalue weighted by Gasteiger charge is 2.20. The number of fused-ring (bicyclic) bond motifs is 1. The number of piperazine rings is 1. The minimum Gasteiger partial charge on any atom is -0.314 e. The van der Waals surface area contributed by atoms with Gasteiger partial charge in [-0.25, -0.2) is 4.98 Å². The Morgan fingerprint density at radius 2 is 2.06 bits per heavy atom. The van der Waals surface area contributed by atoms with Crippen LogP contribution in [0.25, 0.3) is 10.2 Å². The number of thiazole rings is 1. The van der Waals surface area contributed by atoms with Crippen LogP contribution in [-0.4, -0.2) is 36.1 Å². The second kappa shape index (κ2) is 4.72. The Morgan fingerprint density at radius 1 is 1.29 bits per heavy atom. The molecule has 3 rings (SSSR count). The molecule has 1 aliphatic heterocycles. The van der Waals surface area contributed by atoms with Crippen LogP contribution in [0.2, 0.25) is 0 Å². The fourth-order valence-corrected chi connectivity index (χ4v) is 3.35. The molecule has 17 heavy (non-hydrogen) atoms. The average Bonchev–Trinajstić information content (AvgIpc) is 2.82. The first-order chi connectivity index (χ1) is 8.34. The molecule has 4 heteroatoms. The van der Waals surface area contributed by atoms with Gasteiger partial charge in [0.2, 0.25) is 0 Å². The Kier molecular flexibility index (Phi) is 3.09. The zero-order valence-corrected chi connectivity index (χ0v) is 10.8. The summed E-state index contributed by atoms with van der Waals surface area (Å²) in [7, 11) is 0. The van der Waals surface area contributed by atoms with Gasteiger partial charge in [0, 0.05) is 26.2 Å². The minimum absolute atomic E-state index is 0.439. The lowest BCUT2D eigenvalue weighted by Crippen LogP contribution is -2.44. The van der Waals surface area contributed by atoms with E-state index in [1.54, 1.807) is 0 Å². The highest BCUT2D eigenvalue weighted by atomic mass is 32.1. The van der Waals surface area contributed by atoms with Gasteiger partial charge in [0.15, 0.2) is 0 Å². The van der Waals surface area contributed by atoms with Crippen molar-refractivity contribution in [3.8, 4) is 0 Å². The maximum absolute atomic E-state index is 4.74. The molecule has 0 unspecified atom stereocenters. The van der Waals surface area contributed by atoms with Gasteiger partial charge in [-0.1, -0.05) is 12.1 Å². The number of aromatic nitrogens is 1. The van der Waals surface area contributed by atoms with Crippen molar-refractivity contribution in [3.05, 3.63) is 29.3 Å². The lowest BCUT2D eigenvalue weighted by molar-refractivity contribution is 0.185. The van der Waals surface area contributed by atoms with Gasteiger partial charge in [-0.2, -0.15) is 0 Å². The van der Waals surface area contributed by atoms with Crippen molar-refractivity contribution in [3.63, 3.8) is 0 Å². The van der Waals surface area contributed by atoms with Crippen molar-refractivity contribution in [1.82, 2.24) is 15.2 Å². The van der Waals surface area contributed by atoms with Gasteiger partial charge >= 0.3 is 0 Å². The lowest BCUT2D eigenvalue weighted by Gasteiger charge is -2.31. The van der Waals surface area contributed by atoms with Crippen molar-refractivity contribution < 1.29 is 0 Å². The van der Waals surface area contributed by atoms with Crippen molar-refractivity contribution in [2.24, 2.45) is 0 Å². The summed E-state index contributed by atoms with van der Waals surface area (Å²) in [6.45, 7) is 6.70. The summed E-state index contributed by atoms with van der Waals surface area (Å²) in [6.07, 6.45) is 0. The topological polar surface area (TPSA) is 28.2 Å². The zero-order chi connectivity index (χ0) is 11.7. The second-order valence-corrected chi connectivity index (χ2v) is 5.54. The first-order valence-corrected chi connectivity index (χ1v) is 6.96. The van der Waals surface area contributed by atoms with Crippen LogP contribution in [0.3, 0.4) is 0 Å². The highest BCUT2D eigenvalue weighted by Crippen LogP contribution is 2.29. The highest BCUT2D eigenvalue weighted by molar-refractivity contribution is 7.18. The number of hydrogen-bond acceptors (Lipinski definition) is 4. The van der Waals surface area contributed by atoms with E-state index in [-0.39, 0.29) is 0 Å². The van der Waals surface area contributed by atoms with Crippen LogP contribution in [0.5, 0.6) is 0 Å². The van der Waals surface area contributed by atoms with Gasteiger partial charge < -0.3 is 5.32 Å². The molecule has 0 aliphatic carbocycles. The normalized spacial score (nSPS) is 19.6. The number of hydrogen-bond donors (Lipinski definition) is 1. The van der Waals surface area contributed by atoms with Crippen LogP contribution in [0, 0.1) is 0 Å². The first kappa shape index (κ1) is 11.1. The zero-order valence-electron chi connectivity index (χ0n) is 10.0. The standard InChI is InChI=1S/C13H17N3S/c1-10(16-8-6-14-7-9-16)13-15-11-4-2-3-5-12(11)17-13/h2-5,10,14H,6-9H2,1H3/t10-/m1/s1. The van der Waals surface area contributed by atoms with Crippen molar-refractivity contribution in [1.29, 1.82) is 0 Å². The van der Waals surface area contributed by atoms with Crippen LogP contribution < -0.4 is 5.32 Å². The summed E-state index contributed by atoms with van der Waals surface area (Å²) in [5.74, 6) is 0. The molecule has 0 radical (unpaired) electrons. The fourth-order valence-electron chi connectivity index (χ4n) is 2.29. The third-order valence-electron chi connectivity index (χ3n) is 3.37. The summed E-state index contributed by atoms with van der Waals surface area (Å²) in [4.78, 5) is 7.25. The first-order valence-electron chi connectivity index (χ1n) is 6.15. The molecule has 1 aromatic heterocycles. The van der Waals surface area contributed by atoms with E-state index < -0.39 is 0 Å². The van der Waals surface area contributed by atoms with Crippen molar-refractivity contribution in [2.45, 2.75) is 13.0 Å². The molecule has 0 saturated carbocycles. The van der Waals surface area contributed by atoms with Gasteiger partial charge in [0.25, 0.3) is 0 Å². The Hall–Kier alpha value is -0.970. The molecule has 3 nitrogen and oxygen atoms in total. The smallest absolute Gasteiger partial charge is 0.111 e. The average molecular weight is 247 g/mol. The van der Waals surface area contributed by atoms with Gasteiger partial charge in [-0.05, 0) is 19.1 Å². The van der Waals surface area contributed by atoms with Crippen LogP contribution in [0.4, 0.5) is 0 Å². The van der Waals surface area contributed by atoms with E-state index in [9.17, 15) is 0 Å². The molecule has 90 valence electrons. The van der Waals surface area contributed by atoms with Gasteiger partial charge in [0.05, 0.1) is 16.3 Å². The number of rotatable bonds is 2. The minimum atomic E-state index is 0.439. The Balaban J connectivity index is 1.86. The summed E-state index contributed by atoms with van der Waals surface area (Å²) in [5.41, 5.74) is 1.13. The molecule has 2 heterocycles. The van der Waals surface area contributed by atoms with Crippen molar-refractivity contribution in [2.75, 3.05) is 26.2 Å². The van der Waals surface area contributed by atoms with E-state index >= 15 is 0 Å². The molecule has 1 atom stereocenters. The third-order valence-corrected chi connectivity index (χ3v) is 4.57. The van der Waals surface area contributed by atoms with E-state index in [4.69, 9.17) is 4.98 Å². The molecule has 0 amide bonds.